The lowest BCUT2D eigenvalue weighted by Gasteiger charge is -2.32. The van der Waals surface area contributed by atoms with E-state index >= 15 is 0 Å². The summed E-state index contributed by atoms with van der Waals surface area (Å²) in [5, 5.41) is 12.2. The Labute approximate surface area is 376 Å². The number of aliphatic hydroxyl groups excluding tert-OH is 1. The van der Waals surface area contributed by atoms with Gasteiger partial charge in [-0.15, -0.1) is 5.06 Å². The number of ether oxygens (including phenoxy) is 2. The minimum absolute atomic E-state index is 0.00446. The standard InChI is InChI=1S/C42H49N3O17S3/c1-5-43-32-11-9-26(64(54,55)56)22-30(32)41(2,15-7-21-63(51,52)53)34(43)24-28-39(49)29(40(28)50)25-35-42(3,16-18-61-20-19-60-4)31-23-27(65(57,58)59)10-12-33(31)44(35)17-6-8-38(48)62-45-36(46)13-14-37(45)47/h9-12,22-25H,5-8,13-21H2,1-4H3,(H3-,49,50,51,52,53,54,55,56,57,58,59)/p-2. The minimum atomic E-state index is -4.97. The van der Waals surface area contributed by atoms with Crippen molar-refractivity contribution in [3.05, 3.63) is 82.3 Å². The van der Waals surface area contributed by atoms with Crippen LogP contribution in [0.25, 0.3) is 0 Å². The van der Waals surface area contributed by atoms with Crippen molar-refractivity contribution >= 4 is 71.0 Å². The summed E-state index contributed by atoms with van der Waals surface area (Å²) in [7, 11) is -13.1. The topological polar surface area (TPSA) is 297 Å². The number of hydrogen-bond acceptors (Lipinski definition) is 18. The Balaban J connectivity index is 1.45. The number of rotatable bonds is 20. The van der Waals surface area contributed by atoms with Gasteiger partial charge < -0.3 is 38.0 Å². The zero-order valence-electron chi connectivity index (χ0n) is 35.9. The molecule has 23 heteroatoms. The second kappa shape index (κ2) is 18.6. The normalized spacial score (nSPS) is 22.4. The molecule has 2 aromatic carbocycles. The molecule has 2 aromatic rings. The van der Waals surface area contributed by atoms with Crippen LogP contribution in [0.2, 0.25) is 0 Å². The SMILES string of the molecule is CCN1C(=CC2=C(O)C(=CC3=[N+](CCCC(=O)ON4C(=O)CCC4=O)c4ccc(S(=O)(=O)[O-])cc4C3(C)CCOCCOC)C2=O)C(C)(CCCS(=O)(=O)[O-])c2cc(S(=O)(=O)[O-])ccc21. The number of carbonyl (C=O) groups excluding carboxylic acids is 4. The summed E-state index contributed by atoms with van der Waals surface area (Å²) in [4.78, 5) is 56.9. The number of likely N-dealkylation sites (N-methyl/N-ethyl adjacent to an activating group) is 1. The predicted molar refractivity (Wildman–Crippen MR) is 225 cm³/mol. The Hall–Kier alpha value is -5.14. The monoisotopic (exact) mass is 961 g/mol. The van der Waals surface area contributed by atoms with Crippen molar-refractivity contribution in [1.29, 1.82) is 0 Å². The van der Waals surface area contributed by atoms with E-state index in [0.717, 1.165) is 12.1 Å². The van der Waals surface area contributed by atoms with Crippen LogP contribution in [-0.2, 0) is 74.7 Å². The lowest BCUT2D eigenvalue weighted by molar-refractivity contribution is -0.438. The molecule has 3 heterocycles. The number of ketones is 1. The summed E-state index contributed by atoms with van der Waals surface area (Å²) < 4.78 is 121. The van der Waals surface area contributed by atoms with Gasteiger partial charge in [-0.05, 0) is 82.0 Å². The highest BCUT2D eigenvalue weighted by Gasteiger charge is 2.50. The second-order valence-electron chi connectivity index (χ2n) is 16.3. The van der Waals surface area contributed by atoms with Crippen LogP contribution in [0, 0.1) is 0 Å². The summed E-state index contributed by atoms with van der Waals surface area (Å²) in [5.41, 5.74) is -0.680. The van der Waals surface area contributed by atoms with Crippen molar-refractivity contribution < 1.29 is 82.1 Å². The van der Waals surface area contributed by atoms with Crippen molar-refractivity contribution in [2.45, 2.75) is 86.3 Å². The van der Waals surface area contributed by atoms with Gasteiger partial charge in [-0.2, -0.15) is 4.58 Å². The maximum absolute atomic E-state index is 14.3. The Bertz CT molecular complexity index is 2800. The van der Waals surface area contributed by atoms with Crippen molar-refractivity contribution in [3.63, 3.8) is 0 Å². The van der Waals surface area contributed by atoms with Gasteiger partial charge in [0, 0.05) is 79.8 Å². The Kier molecular flexibility index (Phi) is 14.1. The lowest BCUT2D eigenvalue weighted by atomic mass is 9.74. The molecule has 0 aromatic heterocycles. The number of nitrogens with zero attached hydrogens (tertiary/aromatic N) is 3. The molecule has 352 valence electrons. The smallest absolute Gasteiger partial charge is 0.333 e. The van der Waals surface area contributed by atoms with E-state index in [4.69, 9.17) is 14.3 Å². The fourth-order valence-corrected chi connectivity index (χ4v) is 10.2. The van der Waals surface area contributed by atoms with Crippen LogP contribution in [0.3, 0.4) is 0 Å². The first-order valence-electron chi connectivity index (χ1n) is 20.5. The van der Waals surface area contributed by atoms with Crippen LogP contribution >= 0.6 is 0 Å². The number of aliphatic hydroxyl groups is 1. The Morgan fingerprint density at radius 3 is 2.06 bits per heavy atom. The molecule has 0 saturated carbocycles. The maximum atomic E-state index is 14.3. The Morgan fingerprint density at radius 1 is 0.846 bits per heavy atom. The second-order valence-corrected chi connectivity index (χ2v) is 20.5. The summed E-state index contributed by atoms with van der Waals surface area (Å²) in [6.45, 7) is 5.87. The van der Waals surface area contributed by atoms with Gasteiger partial charge in [-0.25, -0.2) is 30.0 Å². The fraction of sp³-hybridized carbons (Fsp3) is 0.452. The van der Waals surface area contributed by atoms with E-state index in [1.807, 2.05) is 0 Å². The van der Waals surface area contributed by atoms with E-state index in [-0.39, 0.29) is 89.0 Å². The molecule has 2 amide bonds. The number of imide groups is 1. The molecule has 0 radical (unpaired) electrons. The first-order chi connectivity index (χ1) is 30.4. The number of allylic oxidation sites excluding steroid dienone is 5. The number of hydroxylamine groups is 2. The van der Waals surface area contributed by atoms with Crippen molar-refractivity contribution in [3.8, 4) is 0 Å². The van der Waals surface area contributed by atoms with Crippen molar-refractivity contribution in [2.75, 3.05) is 50.7 Å². The van der Waals surface area contributed by atoms with Crippen LogP contribution < -0.4 is 4.90 Å². The van der Waals surface area contributed by atoms with Gasteiger partial charge in [0.25, 0.3) is 11.8 Å². The van der Waals surface area contributed by atoms with Crippen LogP contribution in [0.4, 0.5) is 11.4 Å². The largest absolute Gasteiger partial charge is 0.748 e. The average molecular weight is 962 g/mol. The van der Waals surface area contributed by atoms with Crippen molar-refractivity contribution in [2.24, 2.45) is 0 Å². The molecule has 1 fully saturated rings. The number of methoxy groups -OCH3 is 1. The van der Waals surface area contributed by atoms with Crippen LogP contribution in [0.5, 0.6) is 0 Å². The zero-order valence-corrected chi connectivity index (χ0v) is 38.3. The van der Waals surface area contributed by atoms with E-state index in [9.17, 15) is 63.2 Å². The summed E-state index contributed by atoms with van der Waals surface area (Å²) in [5.74, 6) is -4.11. The number of hydrogen-bond donors (Lipinski definition) is 1. The molecule has 6 rings (SSSR count). The molecule has 65 heavy (non-hydrogen) atoms. The molecule has 1 saturated heterocycles. The first kappa shape index (κ1) is 49.3. The number of carbonyl (C=O) groups is 4. The van der Waals surface area contributed by atoms with Crippen LogP contribution in [0.1, 0.15) is 76.8 Å². The lowest BCUT2D eigenvalue weighted by Crippen LogP contribution is -2.35. The molecule has 20 nitrogen and oxygen atoms in total. The molecule has 1 N–H and O–H groups in total. The molecular formula is C42H47N3O17S3-2. The van der Waals surface area contributed by atoms with Gasteiger partial charge in [0.05, 0.1) is 56.1 Å². The van der Waals surface area contributed by atoms with Gasteiger partial charge in [0.1, 0.15) is 32.5 Å². The molecule has 0 bridgehead atoms. The molecule has 2 atom stereocenters. The molecule has 0 spiro atoms. The summed E-state index contributed by atoms with van der Waals surface area (Å²) in [6.07, 6.45) is 2.23. The third kappa shape index (κ3) is 10.0. The quantitative estimate of drug-likeness (QED) is 0.0656. The highest BCUT2D eigenvalue weighted by molar-refractivity contribution is 7.86. The van der Waals surface area contributed by atoms with Gasteiger partial charge in [-0.1, -0.05) is 0 Å². The Morgan fingerprint density at radius 2 is 1.48 bits per heavy atom. The molecule has 2 unspecified atom stereocenters. The van der Waals surface area contributed by atoms with E-state index in [1.54, 1.807) is 30.2 Å². The number of benzene rings is 2. The third-order valence-corrected chi connectivity index (χ3v) is 14.5. The van der Waals surface area contributed by atoms with E-state index in [2.05, 4.69) is 0 Å². The van der Waals surface area contributed by atoms with Gasteiger partial charge in [-0.3, -0.25) is 14.4 Å². The highest BCUT2D eigenvalue weighted by Crippen LogP contribution is 2.52. The number of fused-ring (bicyclic) bond motifs is 2. The average Bonchev–Trinajstić information content (AvgIpc) is 3.76. The maximum Gasteiger partial charge on any atom is 0.333 e. The number of Topliss-reactive ketones (excluding diaryl/α,β-unsaturated/α-hetero) is 1. The predicted octanol–water partition coefficient (Wildman–Crippen LogP) is 2.62. The summed E-state index contributed by atoms with van der Waals surface area (Å²) in [6, 6.07) is 7.45. The molecule has 3 aliphatic heterocycles. The summed E-state index contributed by atoms with van der Waals surface area (Å²) >= 11 is 0. The molecule has 1 aliphatic carbocycles. The highest BCUT2D eigenvalue weighted by atomic mass is 32.2. The minimum Gasteiger partial charge on any atom is -0.748 e. The van der Waals surface area contributed by atoms with Crippen LogP contribution in [-0.4, -0.2) is 129 Å². The van der Waals surface area contributed by atoms with E-state index < -0.39 is 86.1 Å². The van der Waals surface area contributed by atoms with E-state index in [0.29, 0.717) is 39.0 Å². The fourth-order valence-electron chi connectivity index (χ4n) is 8.70. The third-order valence-electron chi connectivity index (χ3n) is 12.1. The zero-order chi connectivity index (χ0) is 47.9. The van der Waals surface area contributed by atoms with Crippen molar-refractivity contribution in [1.82, 2.24) is 5.06 Å². The van der Waals surface area contributed by atoms with Gasteiger partial charge >= 0.3 is 5.97 Å². The van der Waals surface area contributed by atoms with E-state index in [1.165, 1.54) is 43.5 Å². The first-order valence-corrected chi connectivity index (χ1v) is 24.9. The molecular weight excluding hydrogens is 915 g/mol. The van der Waals surface area contributed by atoms with Gasteiger partial charge in [0.15, 0.2) is 5.71 Å². The molecule has 4 aliphatic rings. The number of anilines is 1. The van der Waals surface area contributed by atoms with Gasteiger partial charge in [0.2, 0.25) is 11.5 Å². The van der Waals surface area contributed by atoms with Crippen LogP contribution in [0.15, 0.2) is 80.9 Å². The number of amides is 2.